The normalized spacial score (nSPS) is 15.5. The zero-order valence-electron chi connectivity index (χ0n) is 25.4. The first-order chi connectivity index (χ1) is 20.6. The molecule has 1 atom stereocenters. The number of benzene rings is 2. The fraction of sp³-hybridized carbons (Fsp3) is 0.441. The summed E-state index contributed by atoms with van der Waals surface area (Å²) in [7, 11) is 1.65. The van der Waals surface area contributed by atoms with Gasteiger partial charge < -0.3 is 0 Å². The average molecular weight is 646 g/mol. The van der Waals surface area contributed by atoms with E-state index in [1.165, 1.54) is 29.7 Å². The Balaban J connectivity index is 1.45. The van der Waals surface area contributed by atoms with Gasteiger partial charge in [0.15, 0.2) is 0 Å². The molecule has 0 bridgehead atoms. The predicted molar refractivity (Wildman–Crippen MR) is 168 cm³/mol. The summed E-state index contributed by atoms with van der Waals surface area (Å²) in [4.78, 5) is 19.4. The summed E-state index contributed by atoms with van der Waals surface area (Å²) in [5.74, 6) is 2.91. The number of ether oxygens (including phenoxy) is 4. The second-order valence-corrected chi connectivity index (χ2v) is 13.4. The van der Waals surface area contributed by atoms with E-state index < -0.39 is 5.60 Å². The van der Waals surface area contributed by atoms with Crippen LogP contribution in [-0.2, 0) is 11.3 Å². The summed E-state index contributed by atoms with van der Waals surface area (Å²) in [6, 6.07) is 18.1. The van der Waals surface area contributed by atoms with Gasteiger partial charge in [-0.15, -0.1) is 0 Å². The second kappa shape index (κ2) is 13.3. The molecule has 1 aromatic heterocycles. The van der Waals surface area contributed by atoms with E-state index >= 15 is 0 Å². The van der Waals surface area contributed by atoms with E-state index in [0.717, 1.165) is 51.2 Å². The fourth-order valence-electron chi connectivity index (χ4n) is 5.24. The monoisotopic (exact) mass is 645 g/mol. The molecule has 226 valence electrons. The van der Waals surface area contributed by atoms with Gasteiger partial charge in [0.05, 0.1) is 7.11 Å². The van der Waals surface area contributed by atoms with Crippen molar-refractivity contribution < 1.29 is 23.7 Å². The van der Waals surface area contributed by atoms with Crippen molar-refractivity contribution >= 4 is 27.4 Å². The number of aromatic nitrogens is 1. The Morgan fingerprint density at radius 3 is 2.33 bits per heavy atom. The van der Waals surface area contributed by atoms with Gasteiger partial charge in [-0.1, -0.05) is 0 Å². The van der Waals surface area contributed by atoms with E-state index in [0.29, 0.717) is 43.5 Å². The van der Waals surface area contributed by atoms with Crippen molar-refractivity contribution in [2.75, 3.05) is 26.8 Å². The van der Waals surface area contributed by atoms with E-state index in [-0.39, 0.29) is 12.0 Å². The van der Waals surface area contributed by atoms with E-state index in [2.05, 4.69) is 6.07 Å². The minimum absolute atomic E-state index is 0.118. The zero-order chi connectivity index (χ0) is 30.6. The summed E-state index contributed by atoms with van der Waals surface area (Å²) in [6.07, 6.45) is 3.56. The van der Waals surface area contributed by atoms with Crippen molar-refractivity contribution in [2.45, 2.75) is 64.6 Å². The molecule has 3 aromatic rings. The molecule has 1 aliphatic carbocycles. The number of nitriles is 1. The van der Waals surface area contributed by atoms with E-state index in [1.54, 1.807) is 12.0 Å². The van der Waals surface area contributed by atoms with Crippen molar-refractivity contribution in [2.24, 2.45) is 5.92 Å². The van der Waals surface area contributed by atoms with Crippen LogP contribution in [-0.4, -0.2) is 65.2 Å². The number of methoxy groups -OCH3 is 1. The molecule has 1 aliphatic heterocycles. The number of hydrogen-bond acceptors (Lipinski definition) is 7. The summed E-state index contributed by atoms with van der Waals surface area (Å²) >= 11 is 1.31. The van der Waals surface area contributed by atoms with Gasteiger partial charge in [0.2, 0.25) is 0 Å². The van der Waals surface area contributed by atoms with Crippen molar-refractivity contribution in [1.82, 2.24) is 9.88 Å². The molecule has 1 saturated carbocycles. The van der Waals surface area contributed by atoms with Crippen LogP contribution in [0.4, 0.5) is 4.79 Å². The number of amides is 1. The van der Waals surface area contributed by atoms with Crippen LogP contribution < -0.4 is 18.7 Å². The van der Waals surface area contributed by atoms with Crippen molar-refractivity contribution in [3.8, 4) is 34.6 Å². The van der Waals surface area contributed by atoms with E-state index in [4.69, 9.17) is 23.9 Å². The standard InChI is InChI=1S/C34H40AsN3O5/c1-34(2,3)43-33(39)38-16-14-24(15-17-38)26-18-28(37-32(35)27(26)19-36)31-29(41-20-22-8-9-22)6-5-7-30(31)42-21-23-10-12-25(40-4)13-11-23/h5-7,10-13,18,22,24H,8-9,14-17,20-21,35H2,1-4H3. The van der Waals surface area contributed by atoms with E-state index in [1.807, 2.05) is 69.3 Å². The average Bonchev–Trinajstić information content (AvgIpc) is 3.83. The number of nitrogens with zero attached hydrogens (tertiary/aromatic N) is 3. The molecule has 2 heterocycles. The first kappa shape index (κ1) is 30.8. The van der Waals surface area contributed by atoms with Gasteiger partial charge in [-0.2, -0.15) is 0 Å². The quantitative estimate of drug-likeness (QED) is 0.289. The molecule has 2 fully saturated rings. The molecular weight excluding hydrogens is 605 g/mol. The van der Waals surface area contributed by atoms with Crippen LogP contribution in [0, 0.1) is 17.2 Å². The van der Waals surface area contributed by atoms with Gasteiger partial charge in [0.1, 0.15) is 0 Å². The molecule has 1 amide bonds. The van der Waals surface area contributed by atoms with Crippen LogP contribution in [0.1, 0.15) is 69.1 Å². The third-order valence-electron chi connectivity index (χ3n) is 7.75. The molecule has 9 heteroatoms. The molecule has 5 rings (SSSR count). The predicted octanol–water partition coefficient (Wildman–Crippen LogP) is 5.37. The number of likely N-dealkylation sites (tertiary alicyclic amines) is 1. The zero-order valence-corrected chi connectivity index (χ0v) is 27.8. The number of rotatable bonds is 9. The van der Waals surface area contributed by atoms with Crippen LogP contribution in [0.2, 0.25) is 0 Å². The Kier molecular flexibility index (Phi) is 9.52. The van der Waals surface area contributed by atoms with Gasteiger partial charge in [-0.3, -0.25) is 0 Å². The van der Waals surface area contributed by atoms with Crippen LogP contribution in [0.5, 0.6) is 17.2 Å². The first-order valence-electron chi connectivity index (χ1n) is 14.9. The molecule has 0 N–H and O–H groups in total. The van der Waals surface area contributed by atoms with Crippen molar-refractivity contribution in [1.29, 1.82) is 5.26 Å². The third kappa shape index (κ3) is 7.83. The maximum atomic E-state index is 12.7. The number of piperidine rings is 1. The molecule has 8 nitrogen and oxygen atoms in total. The summed E-state index contributed by atoms with van der Waals surface area (Å²) in [6.45, 7) is 7.80. The molecule has 2 aliphatic rings. The van der Waals surface area contributed by atoms with Gasteiger partial charge in [-0.05, 0) is 0 Å². The van der Waals surface area contributed by atoms with Crippen molar-refractivity contribution in [3.05, 3.63) is 65.2 Å². The molecule has 1 saturated heterocycles. The van der Waals surface area contributed by atoms with Crippen LogP contribution in [0.25, 0.3) is 11.3 Å². The Bertz CT molecular complexity index is 1480. The van der Waals surface area contributed by atoms with Gasteiger partial charge in [-0.25, -0.2) is 0 Å². The fourth-order valence-corrected chi connectivity index (χ4v) is 6.01. The minimum atomic E-state index is -0.538. The topological polar surface area (TPSA) is 93.9 Å². The van der Waals surface area contributed by atoms with Crippen LogP contribution in [0.3, 0.4) is 0 Å². The number of hydrogen-bond donors (Lipinski definition) is 0. The number of pyridine rings is 1. The van der Waals surface area contributed by atoms with Gasteiger partial charge in [0.25, 0.3) is 0 Å². The third-order valence-corrected chi connectivity index (χ3v) is 8.62. The maximum absolute atomic E-state index is 12.7. The van der Waals surface area contributed by atoms with Gasteiger partial charge in [0, 0.05) is 0 Å². The summed E-state index contributed by atoms with van der Waals surface area (Å²) < 4.78 is 24.4. The Hall–Kier alpha value is -3.69. The van der Waals surface area contributed by atoms with E-state index in [9.17, 15) is 10.1 Å². The van der Waals surface area contributed by atoms with Gasteiger partial charge >= 0.3 is 256 Å². The Morgan fingerprint density at radius 1 is 1.05 bits per heavy atom. The molecular formula is C34H40AsN3O5. The number of carbonyl (C=O) groups is 1. The SMILES string of the molecule is COc1ccc(COc2cccc(OCC3CC3)c2-c2cc(C3CCN(C(=O)OC(C)(C)C)CC3)c(C#N)c([AsH2])n2)cc1. The molecule has 2 aromatic carbocycles. The van der Waals surface area contributed by atoms with Crippen LogP contribution in [0.15, 0.2) is 48.5 Å². The Morgan fingerprint density at radius 2 is 1.72 bits per heavy atom. The van der Waals surface area contributed by atoms with Crippen LogP contribution >= 0.6 is 0 Å². The number of carbonyl (C=O) groups excluding carboxylic acids is 1. The molecule has 1 unspecified atom stereocenters. The van der Waals surface area contributed by atoms with Crippen molar-refractivity contribution in [3.63, 3.8) is 0 Å². The first-order valence-corrected chi connectivity index (χ1v) is 16.1. The Labute approximate surface area is 262 Å². The molecule has 0 radical (unpaired) electrons. The molecule has 0 spiro atoms. The molecule has 43 heavy (non-hydrogen) atoms. The second-order valence-electron chi connectivity index (χ2n) is 12.2. The summed E-state index contributed by atoms with van der Waals surface area (Å²) in [5, 5.41) is 10.1. The summed E-state index contributed by atoms with van der Waals surface area (Å²) in [5.41, 5.74) is 3.60.